The van der Waals surface area contributed by atoms with E-state index in [9.17, 15) is 4.79 Å². The van der Waals surface area contributed by atoms with Crippen LogP contribution < -0.4 is 5.32 Å². The van der Waals surface area contributed by atoms with Gasteiger partial charge >= 0.3 is 6.09 Å². The minimum absolute atomic E-state index is 0.217. The first-order valence-corrected chi connectivity index (χ1v) is 10.2. The average molecular weight is 392 g/mol. The van der Waals surface area contributed by atoms with Crippen molar-refractivity contribution in [2.45, 2.75) is 38.7 Å². The lowest BCUT2D eigenvalue weighted by molar-refractivity contribution is -0.252. The van der Waals surface area contributed by atoms with Crippen LogP contribution >= 0.6 is 0 Å². The first-order valence-electron chi connectivity index (χ1n) is 10.2. The van der Waals surface area contributed by atoms with Crippen LogP contribution in [0.15, 0.2) is 30.3 Å². The van der Waals surface area contributed by atoms with Gasteiger partial charge in [0.05, 0.1) is 19.3 Å². The minimum Gasteiger partial charge on any atom is -0.445 e. The maximum absolute atomic E-state index is 12.2. The number of carbonyl (C=O) groups is 1. The van der Waals surface area contributed by atoms with Crippen molar-refractivity contribution in [1.82, 2.24) is 15.1 Å². The van der Waals surface area contributed by atoms with Gasteiger partial charge in [-0.3, -0.25) is 4.90 Å². The van der Waals surface area contributed by atoms with Gasteiger partial charge in [0.15, 0.2) is 5.79 Å². The summed E-state index contributed by atoms with van der Waals surface area (Å²) in [6.45, 7) is 10.8. The lowest BCUT2D eigenvalue weighted by Crippen LogP contribution is -2.50. The number of carbonyl (C=O) groups excluding carboxylic acids is 1. The summed E-state index contributed by atoms with van der Waals surface area (Å²) in [4.78, 5) is 16.4. The first-order chi connectivity index (χ1) is 13.5. The topological polar surface area (TPSA) is 63.3 Å². The summed E-state index contributed by atoms with van der Waals surface area (Å²) in [7, 11) is 0. The molecule has 156 valence electrons. The average Bonchev–Trinajstić information content (AvgIpc) is 2.71. The zero-order valence-corrected chi connectivity index (χ0v) is 17.1. The van der Waals surface area contributed by atoms with Crippen LogP contribution in [-0.4, -0.2) is 80.2 Å². The van der Waals surface area contributed by atoms with Crippen LogP contribution in [0.4, 0.5) is 4.79 Å². The Labute approximate surface area is 167 Å². The van der Waals surface area contributed by atoms with Crippen molar-refractivity contribution in [1.29, 1.82) is 0 Å². The van der Waals surface area contributed by atoms with Gasteiger partial charge in [-0.15, -0.1) is 0 Å². The predicted molar refractivity (Wildman–Crippen MR) is 107 cm³/mol. The number of hydrogen-bond acceptors (Lipinski definition) is 6. The Bertz CT molecular complexity index is 593. The molecule has 1 aromatic carbocycles. The highest BCUT2D eigenvalue weighted by Gasteiger charge is 2.28. The van der Waals surface area contributed by atoms with Gasteiger partial charge < -0.3 is 24.4 Å². The van der Waals surface area contributed by atoms with E-state index in [1.165, 1.54) is 0 Å². The van der Waals surface area contributed by atoms with Crippen molar-refractivity contribution in [3.8, 4) is 0 Å². The van der Waals surface area contributed by atoms with E-state index in [0.717, 1.165) is 51.3 Å². The van der Waals surface area contributed by atoms with Gasteiger partial charge in [-0.2, -0.15) is 0 Å². The Balaban J connectivity index is 1.24. The monoisotopic (exact) mass is 391 g/mol. The van der Waals surface area contributed by atoms with Crippen molar-refractivity contribution in [2.24, 2.45) is 0 Å². The normalized spacial score (nSPS) is 20.9. The molecule has 0 aliphatic carbocycles. The van der Waals surface area contributed by atoms with Crippen LogP contribution in [0.2, 0.25) is 0 Å². The Morgan fingerprint density at radius 2 is 1.82 bits per heavy atom. The lowest BCUT2D eigenvalue weighted by atomic mass is 10.2. The number of nitrogens with one attached hydrogen (secondary N) is 1. The Kier molecular flexibility index (Phi) is 7.67. The molecule has 1 aromatic rings. The highest BCUT2D eigenvalue weighted by atomic mass is 16.7. The third-order valence-corrected chi connectivity index (χ3v) is 5.18. The third kappa shape index (κ3) is 6.74. The van der Waals surface area contributed by atoms with E-state index in [0.29, 0.717) is 19.8 Å². The summed E-state index contributed by atoms with van der Waals surface area (Å²) in [5, 5.41) is 3.50. The van der Waals surface area contributed by atoms with Gasteiger partial charge in [0, 0.05) is 26.2 Å². The summed E-state index contributed by atoms with van der Waals surface area (Å²) in [5.74, 6) is -0.458. The summed E-state index contributed by atoms with van der Waals surface area (Å²) in [6.07, 6.45) is 0.851. The molecule has 0 saturated carbocycles. The van der Waals surface area contributed by atoms with Crippen LogP contribution in [0.3, 0.4) is 0 Å². The van der Waals surface area contributed by atoms with Gasteiger partial charge in [0.1, 0.15) is 6.61 Å². The molecular weight excluding hydrogens is 358 g/mol. The van der Waals surface area contributed by atoms with Crippen molar-refractivity contribution in [3.05, 3.63) is 35.9 Å². The molecule has 2 saturated heterocycles. The fourth-order valence-corrected chi connectivity index (χ4v) is 3.38. The van der Waals surface area contributed by atoms with Gasteiger partial charge in [0.25, 0.3) is 0 Å². The molecule has 3 rings (SSSR count). The predicted octanol–water partition coefficient (Wildman–Crippen LogP) is 2.07. The van der Waals surface area contributed by atoms with E-state index in [4.69, 9.17) is 14.2 Å². The minimum atomic E-state index is -0.458. The molecule has 0 bridgehead atoms. The van der Waals surface area contributed by atoms with Gasteiger partial charge in [-0.25, -0.2) is 4.79 Å². The summed E-state index contributed by atoms with van der Waals surface area (Å²) in [6, 6.07) is 10.1. The van der Waals surface area contributed by atoms with E-state index in [1.54, 1.807) is 4.90 Å². The summed E-state index contributed by atoms with van der Waals surface area (Å²) >= 11 is 0. The second-order valence-electron chi connectivity index (χ2n) is 7.90. The molecule has 0 radical (unpaired) electrons. The lowest BCUT2D eigenvalue weighted by Gasteiger charge is -2.36. The number of benzene rings is 1. The zero-order valence-electron chi connectivity index (χ0n) is 17.1. The zero-order chi connectivity index (χ0) is 19.8. The van der Waals surface area contributed by atoms with E-state index >= 15 is 0 Å². The second kappa shape index (κ2) is 10.2. The molecule has 7 nitrogen and oxygen atoms in total. The largest absolute Gasteiger partial charge is 0.445 e. The number of hydrogen-bond donors (Lipinski definition) is 1. The smallest absolute Gasteiger partial charge is 0.410 e. The third-order valence-electron chi connectivity index (χ3n) is 5.18. The Morgan fingerprint density at radius 1 is 1.14 bits per heavy atom. The SMILES string of the molecule is CC1(C)OCC(NCCCN2CCN(C(=O)OCc3ccccc3)CC2)CO1. The number of nitrogens with zero attached hydrogens (tertiary/aromatic N) is 2. The molecule has 2 aliphatic heterocycles. The highest BCUT2D eigenvalue weighted by molar-refractivity contribution is 5.67. The summed E-state index contributed by atoms with van der Waals surface area (Å²) < 4.78 is 16.7. The molecule has 28 heavy (non-hydrogen) atoms. The van der Waals surface area contributed by atoms with E-state index < -0.39 is 5.79 Å². The number of rotatable bonds is 7. The van der Waals surface area contributed by atoms with Crippen molar-refractivity contribution >= 4 is 6.09 Å². The summed E-state index contributed by atoms with van der Waals surface area (Å²) in [5.41, 5.74) is 1.01. The molecule has 1 N–H and O–H groups in total. The van der Waals surface area contributed by atoms with E-state index in [1.807, 2.05) is 44.2 Å². The molecule has 2 fully saturated rings. The molecule has 0 unspecified atom stereocenters. The number of piperazine rings is 1. The van der Waals surface area contributed by atoms with Crippen LogP contribution in [-0.2, 0) is 20.8 Å². The van der Waals surface area contributed by atoms with Crippen LogP contribution in [0, 0.1) is 0 Å². The van der Waals surface area contributed by atoms with Gasteiger partial charge in [-0.05, 0) is 38.9 Å². The maximum Gasteiger partial charge on any atom is 0.410 e. The van der Waals surface area contributed by atoms with Crippen LogP contribution in [0.5, 0.6) is 0 Å². The molecule has 0 atom stereocenters. The molecule has 7 heteroatoms. The van der Waals surface area contributed by atoms with Crippen molar-refractivity contribution < 1.29 is 19.0 Å². The van der Waals surface area contributed by atoms with Crippen molar-refractivity contribution in [2.75, 3.05) is 52.5 Å². The number of ether oxygens (including phenoxy) is 3. The Morgan fingerprint density at radius 3 is 2.50 bits per heavy atom. The highest BCUT2D eigenvalue weighted by Crippen LogP contribution is 2.16. The van der Waals surface area contributed by atoms with Gasteiger partial charge in [-0.1, -0.05) is 30.3 Å². The van der Waals surface area contributed by atoms with Crippen LogP contribution in [0.25, 0.3) is 0 Å². The molecular formula is C21H33N3O4. The Hall–Kier alpha value is -1.67. The maximum atomic E-state index is 12.2. The molecule has 2 aliphatic rings. The molecule has 2 heterocycles. The van der Waals surface area contributed by atoms with Crippen molar-refractivity contribution in [3.63, 3.8) is 0 Å². The second-order valence-corrected chi connectivity index (χ2v) is 7.90. The molecule has 0 spiro atoms. The molecule has 0 aromatic heterocycles. The quantitative estimate of drug-likeness (QED) is 0.718. The first kappa shape index (κ1) is 21.0. The molecule has 1 amide bonds. The van der Waals surface area contributed by atoms with Crippen LogP contribution in [0.1, 0.15) is 25.8 Å². The standard InChI is InChI=1S/C21H33N3O4/c1-21(2)27-16-19(17-28-21)22-9-6-10-23-11-13-24(14-12-23)20(25)26-15-18-7-4-3-5-8-18/h3-5,7-8,19,22H,6,9-17H2,1-2H3. The van der Waals surface area contributed by atoms with Gasteiger partial charge in [0.2, 0.25) is 0 Å². The van der Waals surface area contributed by atoms with E-state index in [2.05, 4.69) is 10.2 Å². The van der Waals surface area contributed by atoms with E-state index in [-0.39, 0.29) is 12.1 Å². The number of amides is 1. The fraction of sp³-hybridized carbons (Fsp3) is 0.667. The fourth-order valence-electron chi connectivity index (χ4n) is 3.38.